The van der Waals surface area contributed by atoms with Gasteiger partial charge in [-0.2, -0.15) is 8.78 Å². The van der Waals surface area contributed by atoms with E-state index in [0.717, 1.165) is 25.9 Å². The summed E-state index contributed by atoms with van der Waals surface area (Å²) in [7, 11) is 0. The molecule has 0 saturated carbocycles. The molecule has 0 bridgehead atoms. The first-order valence-corrected chi connectivity index (χ1v) is 6.88. The van der Waals surface area contributed by atoms with Crippen LogP contribution in [0.4, 0.5) is 18.9 Å². The number of nitrogens with one attached hydrogen (secondary N) is 1. The highest BCUT2D eigenvalue weighted by molar-refractivity contribution is 5.48. The highest BCUT2D eigenvalue weighted by Gasteiger charge is 2.36. The summed E-state index contributed by atoms with van der Waals surface area (Å²) in [6, 6.07) is 4.85. The summed E-state index contributed by atoms with van der Waals surface area (Å²) < 4.78 is 41.9. The Hall–Kier alpha value is -1.43. The number of benzene rings is 1. The molecule has 2 aliphatic heterocycles. The molecule has 2 heterocycles. The molecule has 0 aliphatic carbocycles. The van der Waals surface area contributed by atoms with E-state index in [4.69, 9.17) is 0 Å². The molecule has 6 heteroatoms. The molecule has 3 rings (SSSR count). The van der Waals surface area contributed by atoms with Crippen molar-refractivity contribution < 1.29 is 17.9 Å². The second-order valence-electron chi connectivity index (χ2n) is 5.31. The van der Waals surface area contributed by atoms with Crippen molar-refractivity contribution in [2.45, 2.75) is 38.0 Å². The normalized spacial score (nSPS) is 26.0. The van der Waals surface area contributed by atoms with E-state index in [1.807, 2.05) is 0 Å². The summed E-state index contributed by atoms with van der Waals surface area (Å²) in [6.45, 7) is -0.805. The van der Waals surface area contributed by atoms with Crippen LogP contribution in [0.1, 0.15) is 19.3 Å². The van der Waals surface area contributed by atoms with E-state index in [1.54, 1.807) is 6.07 Å². The maximum atomic E-state index is 13.6. The second-order valence-corrected chi connectivity index (χ2v) is 5.31. The van der Waals surface area contributed by atoms with Crippen molar-refractivity contribution in [3.05, 3.63) is 24.0 Å². The molecule has 2 unspecified atom stereocenters. The van der Waals surface area contributed by atoms with E-state index in [2.05, 4.69) is 15.0 Å². The smallest absolute Gasteiger partial charge is 0.387 e. The average Bonchev–Trinajstić information content (AvgIpc) is 2.97. The molecule has 3 nitrogen and oxygen atoms in total. The second kappa shape index (κ2) is 5.52. The lowest BCUT2D eigenvalue weighted by molar-refractivity contribution is -0.0521. The van der Waals surface area contributed by atoms with Crippen LogP contribution < -0.4 is 10.1 Å². The minimum Gasteiger partial charge on any atom is -0.432 e. The fraction of sp³-hybridized carbons (Fsp3) is 0.571. The van der Waals surface area contributed by atoms with Crippen LogP contribution in [0, 0.1) is 5.82 Å². The quantitative estimate of drug-likeness (QED) is 0.920. The molecule has 2 aliphatic rings. The zero-order valence-electron chi connectivity index (χ0n) is 11.0. The van der Waals surface area contributed by atoms with Gasteiger partial charge in [-0.3, -0.25) is 4.90 Å². The Kier molecular flexibility index (Phi) is 3.74. The van der Waals surface area contributed by atoms with Crippen LogP contribution in [0.15, 0.2) is 18.2 Å². The molecule has 0 amide bonds. The van der Waals surface area contributed by atoms with E-state index in [-0.39, 0.29) is 0 Å². The number of nitrogens with zero attached hydrogens (tertiary/aromatic N) is 1. The summed E-state index contributed by atoms with van der Waals surface area (Å²) in [4.78, 5) is 2.45. The van der Waals surface area contributed by atoms with Gasteiger partial charge in [0.2, 0.25) is 0 Å². The molecule has 1 aromatic rings. The first kappa shape index (κ1) is 13.5. The van der Waals surface area contributed by atoms with Crippen LogP contribution in [-0.4, -0.2) is 36.7 Å². The third kappa shape index (κ3) is 2.70. The summed E-state index contributed by atoms with van der Waals surface area (Å²) in [5.41, 5.74) is 0.614. The topological polar surface area (TPSA) is 24.5 Å². The lowest BCUT2D eigenvalue weighted by Crippen LogP contribution is -2.33. The van der Waals surface area contributed by atoms with Gasteiger partial charge < -0.3 is 10.1 Å². The van der Waals surface area contributed by atoms with Gasteiger partial charge in [-0.25, -0.2) is 4.39 Å². The number of anilines is 1. The molecule has 0 spiro atoms. The van der Waals surface area contributed by atoms with Crippen molar-refractivity contribution in [2.24, 2.45) is 0 Å². The molecule has 0 aromatic heterocycles. The Morgan fingerprint density at radius 3 is 2.85 bits per heavy atom. The fourth-order valence-electron chi connectivity index (χ4n) is 3.25. The molecule has 1 aromatic carbocycles. The molecule has 20 heavy (non-hydrogen) atoms. The van der Waals surface area contributed by atoms with Crippen LogP contribution in [0.3, 0.4) is 0 Å². The fourth-order valence-corrected chi connectivity index (χ4v) is 3.25. The first-order valence-electron chi connectivity index (χ1n) is 6.88. The van der Waals surface area contributed by atoms with Crippen molar-refractivity contribution in [2.75, 3.05) is 18.4 Å². The van der Waals surface area contributed by atoms with Gasteiger partial charge in [-0.1, -0.05) is 0 Å². The zero-order chi connectivity index (χ0) is 14.1. The number of halogens is 3. The lowest BCUT2D eigenvalue weighted by atomic mass is 10.1. The first-order chi connectivity index (χ1) is 9.63. The van der Waals surface area contributed by atoms with E-state index in [0.29, 0.717) is 17.8 Å². The van der Waals surface area contributed by atoms with E-state index >= 15 is 0 Å². The lowest BCUT2D eigenvalue weighted by Gasteiger charge is -2.22. The van der Waals surface area contributed by atoms with Crippen molar-refractivity contribution in [1.29, 1.82) is 0 Å². The van der Waals surface area contributed by atoms with Gasteiger partial charge in [0, 0.05) is 30.4 Å². The van der Waals surface area contributed by atoms with Crippen LogP contribution in [0.2, 0.25) is 0 Å². The molecule has 1 N–H and O–H groups in total. The molecule has 0 radical (unpaired) electrons. The van der Waals surface area contributed by atoms with Gasteiger partial charge in [0.05, 0.1) is 0 Å². The highest BCUT2D eigenvalue weighted by atomic mass is 19.3. The van der Waals surface area contributed by atoms with Crippen LogP contribution in [-0.2, 0) is 0 Å². The number of hydrogen-bond acceptors (Lipinski definition) is 3. The molecule has 2 fully saturated rings. The Morgan fingerprint density at radius 2 is 2.10 bits per heavy atom. The van der Waals surface area contributed by atoms with Crippen LogP contribution >= 0.6 is 0 Å². The number of fused-ring (bicyclic) bond motifs is 1. The Bertz CT molecular complexity index is 483. The number of ether oxygens (including phenoxy) is 1. The maximum absolute atomic E-state index is 13.6. The molecule has 2 atom stereocenters. The Balaban J connectivity index is 1.67. The zero-order valence-corrected chi connectivity index (χ0v) is 11.0. The minimum absolute atomic E-state index is 0.304. The van der Waals surface area contributed by atoms with Gasteiger partial charge in [0.15, 0.2) is 11.6 Å². The summed E-state index contributed by atoms with van der Waals surface area (Å²) in [6.07, 6.45) is 3.40. The van der Waals surface area contributed by atoms with Crippen molar-refractivity contribution in [3.63, 3.8) is 0 Å². The predicted molar refractivity (Wildman–Crippen MR) is 69.7 cm³/mol. The molecular weight excluding hydrogens is 269 g/mol. The van der Waals surface area contributed by atoms with Crippen molar-refractivity contribution in [3.8, 4) is 5.75 Å². The maximum Gasteiger partial charge on any atom is 0.387 e. The van der Waals surface area contributed by atoms with E-state index in [9.17, 15) is 13.2 Å². The van der Waals surface area contributed by atoms with E-state index in [1.165, 1.54) is 18.6 Å². The van der Waals surface area contributed by atoms with Gasteiger partial charge in [0.25, 0.3) is 0 Å². The largest absolute Gasteiger partial charge is 0.432 e. The standard InChI is InChI=1S/C14H17F3N2O/c15-10-8-9(3-4-13(10)20-14(16)17)18-11-5-7-19-6-1-2-12(11)19/h3-4,8,11-12,14,18H,1-2,5-7H2. The number of alkyl halides is 2. The van der Waals surface area contributed by atoms with Gasteiger partial charge in [-0.05, 0) is 37.9 Å². The van der Waals surface area contributed by atoms with Gasteiger partial charge >= 0.3 is 6.61 Å². The van der Waals surface area contributed by atoms with Crippen molar-refractivity contribution in [1.82, 2.24) is 4.90 Å². The SMILES string of the molecule is Fc1cc(NC2CCN3CCCC23)ccc1OC(F)F. The van der Waals surface area contributed by atoms with Crippen molar-refractivity contribution >= 4 is 5.69 Å². The van der Waals surface area contributed by atoms with Crippen LogP contribution in [0.25, 0.3) is 0 Å². The monoisotopic (exact) mass is 286 g/mol. The molecule has 2 saturated heterocycles. The van der Waals surface area contributed by atoms with Gasteiger partial charge in [0.1, 0.15) is 0 Å². The number of rotatable bonds is 4. The number of hydrogen-bond donors (Lipinski definition) is 1. The predicted octanol–water partition coefficient (Wildman–Crippen LogP) is 3.08. The summed E-state index contributed by atoms with van der Waals surface area (Å²) >= 11 is 0. The molecular formula is C14H17F3N2O. The van der Waals surface area contributed by atoms with Gasteiger partial charge in [-0.15, -0.1) is 0 Å². The van der Waals surface area contributed by atoms with Crippen LogP contribution in [0.5, 0.6) is 5.75 Å². The molecule has 110 valence electrons. The summed E-state index contributed by atoms with van der Waals surface area (Å²) in [5, 5.41) is 3.31. The van der Waals surface area contributed by atoms with E-state index < -0.39 is 18.2 Å². The minimum atomic E-state index is -3.01. The third-order valence-electron chi connectivity index (χ3n) is 4.11. The Morgan fingerprint density at radius 1 is 1.25 bits per heavy atom. The highest BCUT2D eigenvalue weighted by Crippen LogP contribution is 2.31. The Labute approximate surface area is 115 Å². The third-order valence-corrected chi connectivity index (χ3v) is 4.11. The average molecular weight is 286 g/mol. The summed E-state index contributed by atoms with van der Waals surface area (Å²) in [5.74, 6) is -1.18.